The first-order valence-electron chi connectivity index (χ1n) is 4.08. The zero-order chi connectivity index (χ0) is 9.03. The third kappa shape index (κ3) is 6.28. The molecule has 1 nitrogen and oxygen atoms in total. The van der Waals surface area contributed by atoms with Crippen molar-refractivity contribution in [1.82, 2.24) is 0 Å². The summed E-state index contributed by atoms with van der Waals surface area (Å²) in [4.78, 5) is 0. The van der Waals surface area contributed by atoms with Gasteiger partial charge in [-0.1, -0.05) is 0 Å². The third-order valence-electron chi connectivity index (χ3n) is 1.46. The first-order chi connectivity index (χ1) is 5.58. The molecular formula is C10H16BrNSe. The van der Waals surface area contributed by atoms with Gasteiger partial charge in [0.25, 0.3) is 0 Å². The Kier molecular flexibility index (Phi) is 5.90. The minimum Gasteiger partial charge on any atom is -1.00 e. The van der Waals surface area contributed by atoms with Gasteiger partial charge in [-0.3, -0.25) is 0 Å². The van der Waals surface area contributed by atoms with Crippen molar-refractivity contribution in [2.24, 2.45) is 0 Å². The Hall–Kier alpha value is 0.179. The summed E-state index contributed by atoms with van der Waals surface area (Å²) in [5, 5.41) is 1.23. The maximum atomic E-state index is 2.25. The monoisotopic (exact) mass is 309 g/mol. The van der Waals surface area contributed by atoms with Gasteiger partial charge < -0.3 is 17.0 Å². The molecule has 13 heavy (non-hydrogen) atoms. The summed E-state index contributed by atoms with van der Waals surface area (Å²) in [6.45, 7) is 0. The third-order valence-corrected chi connectivity index (χ3v) is 4.06. The number of halogens is 1. The Balaban J connectivity index is 0.00000144. The standard InChI is InChI=1S/C10H16NSe.BrH/c1-11(2,3)12-9-10-7-5-4-6-8-10;/h4-8H,9H2,1-3H3;1H/q+1;/p-1. The van der Waals surface area contributed by atoms with Crippen molar-refractivity contribution in [1.29, 1.82) is 0 Å². The van der Waals surface area contributed by atoms with E-state index in [9.17, 15) is 0 Å². The molecule has 0 fully saturated rings. The molecule has 0 aliphatic rings. The second-order valence-corrected chi connectivity index (χ2v) is 7.09. The molecule has 3 heteroatoms. The van der Waals surface area contributed by atoms with E-state index in [1.54, 1.807) is 0 Å². The topological polar surface area (TPSA) is 0 Å². The summed E-state index contributed by atoms with van der Waals surface area (Å²) in [5.41, 5.74) is 1.46. The molecule has 0 spiro atoms. The van der Waals surface area contributed by atoms with Crippen molar-refractivity contribution in [2.45, 2.75) is 5.32 Å². The van der Waals surface area contributed by atoms with Gasteiger partial charge in [0.1, 0.15) is 0 Å². The molecule has 74 valence electrons. The van der Waals surface area contributed by atoms with Gasteiger partial charge in [-0.2, -0.15) is 0 Å². The SMILES string of the molecule is C[N+](C)(C)[Se]Cc1ccccc1.[Br-]. The number of hydrogen-bond acceptors (Lipinski definition) is 0. The average molecular weight is 309 g/mol. The van der Waals surface area contributed by atoms with Crippen LogP contribution in [0.5, 0.6) is 0 Å². The molecule has 0 radical (unpaired) electrons. The Labute approximate surface area is 97.9 Å². The molecule has 0 heterocycles. The van der Waals surface area contributed by atoms with Gasteiger partial charge in [0.05, 0.1) is 0 Å². The molecule has 0 bridgehead atoms. The van der Waals surface area contributed by atoms with Gasteiger partial charge in [0, 0.05) is 0 Å². The van der Waals surface area contributed by atoms with Crippen molar-refractivity contribution in [3.05, 3.63) is 35.9 Å². The predicted molar refractivity (Wildman–Crippen MR) is 53.9 cm³/mol. The molecule has 0 saturated heterocycles. The summed E-state index contributed by atoms with van der Waals surface area (Å²) in [7, 11) is 6.76. The van der Waals surface area contributed by atoms with Crippen LogP contribution in [0.1, 0.15) is 5.56 Å². The Bertz CT molecular complexity index is 230. The Morgan fingerprint density at radius 1 is 1.08 bits per heavy atom. The molecule has 1 aromatic rings. The van der Waals surface area contributed by atoms with E-state index >= 15 is 0 Å². The molecule has 0 N–H and O–H groups in total. The van der Waals surface area contributed by atoms with Crippen LogP contribution in [0, 0.1) is 0 Å². The van der Waals surface area contributed by atoms with Gasteiger partial charge in [-0.15, -0.1) is 0 Å². The van der Waals surface area contributed by atoms with Crippen LogP contribution >= 0.6 is 0 Å². The van der Waals surface area contributed by atoms with E-state index in [4.69, 9.17) is 0 Å². The van der Waals surface area contributed by atoms with Gasteiger partial charge in [-0.25, -0.2) is 0 Å². The molecule has 0 unspecified atom stereocenters. The van der Waals surface area contributed by atoms with Crippen LogP contribution in [0.2, 0.25) is 0 Å². The maximum Gasteiger partial charge on any atom is -1.00 e. The van der Waals surface area contributed by atoms with Crippen molar-refractivity contribution < 1.29 is 20.5 Å². The molecule has 0 saturated carbocycles. The summed E-state index contributed by atoms with van der Waals surface area (Å²) < 4.78 is 1.10. The first kappa shape index (κ1) is 13.2. The molecule has 0 aromatic heterocycles. The molecule has 0 atom stereocenters. The normalized spacial score (nSPS) is 10.7. The fourth-order valence-corrected chi connectivity index (χ4v) is 2.37. The van der Waals surface area contributed by atoms with E-state index in [0.717, 1.165) is 3.50 Å². The van der Waals surface area contributed by atoms with Gasteiger partial charge in [0.15, 0.2) is 0 Å². The van der Waals surface area contributed by atoms with Crippen LogP contribution in [0.3, 0.4) is 0 Å². The largest absolute Gasteiger partial charge is 1.00 e. The van der Waals surface area contributed by atoms with Crippen LogP contribution in [-0.2, 0) is 5.32 Å². The van der Waals surface area contributed by atoms with E-state index in [0.29, 0.717) is 15.2 Å². The summed E-state index contributed by atoms with van der Waals surface area (Å²) in [5.74, 6) is 0. The zero-order valence-electron chi connectivity index (χ0n) is 8.33. The average Bonchev–Trinajstić information content (AvgIpc) is 2.02. The van der Waals surface area contributed by atoms with Crippen molar-refractivity contribution in [3.8, 4) is 0 Å². The van der Waals surface area contributed by atoms with Crippen molar-refractivity contribution in [3.63, 3.8) is 0 Å². The predicted octanol–water partition coefficient (Wildman–Crippen LogP) is -1.48. The van der Waals surface area contributed by atoms with Gasteiger partial charge in [-0.05, 0) is 0 Å². The number of rotatable bonds is 3. The minimum atomic E-state index is 0. The van der Waals surface area contributed by atoms with Gasteiger partial charge in [0.2, 0.25) is 0 Å². The summed E-state index contributed by atoms with van der Waals surface area (Å²) in [6, 6.07) is 10.7. The number of benzene rings is 1. The molecule has 0 aliphatic carbocycles. The molecule has 1 aromatic carbocycles. The minimum absolute atomic E-state index is 0. The Morgan fingerprint density at radius 2 is 1.62 bits per heavy atom. The van der Waals surface area contributed by atoms with E-state index in [-0.39, 0.29) is 17.0 Å². The molecule has 0 amide bonds. The maximum absolute atomic E-state index is 2.25. The summed E-state index contributed by atoms with van der Waals surface area (Å²) in [6.07, 6.45) is 0. The fourth-order valence-electron chi connectivity index (χ4n) is 0.842. The smallest absolute Gasteiger partial charge is 1.00 e. The molecule has 0 aliphatic heterocycles. The zero-order valence-corrected chi connectivity index (χ0v) is 11.6. The number of quaternary nitrogens is 1. The van der Waals surface area contributed by atoms with Crippen LogP contribution in [0.25, 0.3) is 0 Å². The van der Waals surface area contributed by atoms with Crippen LogP contribution in [0.15, 0.2) is 30.3 Å². The van der Waals surface area contributed by atoms with Crippen LogP contribution in [-0.4, -0.2) is 39.8 Å². The second kappa shape index (κ2) is 5.81. The summed E-state index contributed by atoms with van der Waals surface area (Å²) >= 11 is 0.654. The van der Waals surface area contributed by atoms with Crippen molar-refractivity contribution >= 4 is 15.2 Å². The van der Waals surface area contributed by atoms with E-state index in [1.807, 2.05) is 0 Å². The fraction of sp³-hybridized carbons (Fsp3) is 0.400. The molecular weight excluding hydrogens is 293 g/mol. The van der Waals surface area contributed by atoms with Crippen molar-refractivity contribution in [2.75, 3.05) is 21.1 Å². The van der Waals surface area contributed by atoms with Crippen LogP contribution in [0.4, 0.5) is 0 Å². The Morgan fingerprint density at radius 3 is 2.08 bits per heavy atom. The van der Waals surface area contributed by atoms with E-state index in [1.165, 1.54) is 10.9 Å². The number of hydrogen-bond donors (Lipinski definition) is 0. The quantitative estimate of drug-likeness (QED) is 0.597. The van der Waals surface area contributed by atoms with Crippen LogP contribution < -0.4 is 17.0 Å². The molecule has 1 rings (SSSR count). The second-order valence-electron chi connectivity index (χ2n) is 3.65. The van der Waals surface area contributed by atoms with Gasteiger partial charge >= 0.3 is 81.0 Å². The first-order valence-corrected chi connectivity index (χ1v) is 6.05. The van der Waals surface area contributed by atoms with E-state index in [2.05, 4.69) is 51.5 Å². The number of nitrogens with zero attached hydrogens (tertiary/aromatic N) is 1. The van der Waals surface area contributed by atoms with E-state index < -0.39 is 0 Å².